The van der Waals surface area contributed by atoms with Crippen LogP contribution in [0.25, 0.3) is 22.2 Å². The molecule has 0 aliphatic rings. The molecule has 0 saturated heterocycles. The Balaban J connectivity index is 1.70. The molecule has 3 aromatic carbocycles. The maximum atomic E-state index is 13.0. The summed E-state index contributed by atoms with van der Waals surface area (Å²) in [5, 5.41) is 20.0. The summed E-state index contributed by atoms with van der Waals surface area (Å²) in [7, 11) is 0. The van der Waals surface area contributed by atoms with E-state index in [4.69, 9.17) is 4.74 Å². The fourth-order valence-corrected chi connectivity index (χ4v) is 2.86. The number of hydrogen-bond donors (Lipinski definition) is 2. The lowest BCUT2D eigenvalue weighted by atomic mass is 10.1. The van der Waals surface area contributed by atoms with Gasteiger partial charge in [0.05, 0.1) is 17.8 Å². The zero-order valence-corrected chi connectivity index (χ0v) is 14.8. The minimum atomic E-state index is -1.15. The molecule has 0 aliphatic heterocycles. The van der Waals surface area contributed by atoms with Crippen LogP contribution in [-0.4, -0.2) is 26.8 Å². The van der Waals surface area contributed by atoms with Gasteiger partial charge in [0.1, 0.15) is 23.4 Å². The number of halogens is 1. The Bertz CT molecular complexity index is 1100. The molecular weight excluding hydrogens is 359 g/mol. The molecule has 4 aromatic rings. The van der Waals surface area contributed by atoms with Gasteiger partial charge in [0.2, 0.25) is 0 Å². The predicted octanol–water partition coefficient (Wildman–Crippen LogP) is 4.25. The summed E-state index contributed by atoms with van der Waals surface area (Å²) < 4.78 is 18.7. The molecule has 0 bridgehead atoms. The van der Waals surface area contributed by atoms with E-state index >= 15 is 0 Å². The molecule has 28 heavy (non-hydrogen) atoms. The molecule has 4 rings (SSSR count). The first-order valence-corrected chi connectivity index (χ1v) is 8.73. The normalized spacial score (nSPS) is 12.1. The molecule has 1 heterocycles. The van der Waals surface area contributed by atoms with Crippen LogP contribution in [0.15, 0.2) is 72.8 Å². The lowest BCUT2D eigenvalue weighted by Gasteiger charge is -2.12. The molecule has 6 heteroatoms. The first-order valence-electron chi connectivity index (χ1n) is 8.73. The van der Waals surface area contributed by atoms with Crippen LogP contribution in [0.4, 0.5) is 4.39 Å². The molecule has 140 valence electrons. The van der Waals surface area contributed by atoms with Crippen molar-refractivity contribution in [1.29, 1.82) is 0 Å². The fourth-order valence-electron chi connectivity index (χ4n) is 2.86. The van der Waals surface area contributed by atoms with Crippen molar-refractivity contribution >= 4 is 10.9 Å². The summed E-state index contributed by atoms with van der Waals surface area (Å²) in [6.07, 6.45) is -1.15. The van der Waals surface area contributed by atoms with Gasteiger partial charge in [0, 0.05) is 10.9 Å². The van der Waals surface area contributed by atoms with E-state index in [-0.39, 0.29) is 11.6 Å². The molecule has 0 aliphatic carbocycles. The highest BCUT2D eigenvalue weighted by Crippen LogP contribution is 2.30. The zero-order valence-electron chi connectivity index (χ0n) is 14.8. The molecule has 0 saturated carbocycles. The standard InChI is InChI=1S/C22H17FN2O3/c23-15-7-11-17(12-8-15)28-16-9-5-14(6-10-16)21-18-3-1-2-4-19(18)24-22(25-21)20(27)13-26/h1-12,20,26-27H,13H2/t20-/m1/s1. The number of nitrogens with zero attached hydrogens (tertiary/aromatic N) is 2. The van der Waals surface area contributed by atoms with Gasteiger partial charge in [-0.2, -0.15) is 0 Å². The Hall–Kier alpha value is -3.35. The highest BCUT2D eigenvalue weighted by atomic mass is 19.1. The van der Waals surface area contributed by atoms with Gasteiger partial charge >= 0.3 is 0 Å². The van der Waals surface area contributed by atoms with E-state index in [0.29, 0.717) is 22.7 Å². The minimum absolute atomic E-state index is 0.169. The predicted molar refractivity (Wildman–Crippen MR) is 103 cm³/mol. The van der Waals surface area contributed by atoms with E-state index in [0.717, 1.165) is 10.9 Å². The third-order valence-corrected chi connectivity index (χ3v) is 4.27. The van der Waals surface area contributed by atoms with Crippen LogP contribution in [-0.2, 0) is 0 Å². The van der Waals surface area contributed by atoms with Gasteiger partial charge < -0.3 is 14.9 Å². The number of fused-ring (bicyclic) bond motifs is 1. The van der Waals surface area contributed by atoms with Gasteiger partial charge in [-0.15, -0.1) is 0 Å². The van der Waals surface area contributed by atoms with E-state index in [1.165, 1.54) is 12.1 Å². The Morgan fingerprint density at radius 1 is 0.857 bits per heavy atom. The number of aromatic nitrogens is 2. The Labute approximate surface area is 160 Å². The second-order valence-electron chi connectivity index (χ2n) is 6.23. The number of hydrogen-bond acceptors (Lipinski definition) is 5. The number of rotatable bonds is 5. The monoisotopic (exact) mass is 376 g/mol. The number of ether oxygens (including phenoxy) is 1. The molecule has 1 atom stereocenters. The molecular formula is C22H17FN2O3. The second kappa shape index (κ2) is 7.72. The highest BCUT2D eigenvalue weighted by molar-refractivity contribution is 5.92. The fraction of sp³-hybridized carbons (Fsp3) is 0.0909. The van der Waals surface area contributed by atoms with Crippen LogP contribution in [0, 0.1) is 5.82 Å². The molecule has 0 amide bonds. The Kier molecular flexibility index (Phi) is 4.97. The number of aliphatic hydroxyl groups excluding tert-OH is 2. The maximum absolute atomic E-state index is 13.0. The number of aliphatic hydroxyl groups is 2. The van der Waals surface area contributed by atoms with Crippen LogP contribution in [0.5, 0.6) is 11.5 Å². The summed E-state index contributed by atoms with van der Waals surface area (Å²) in [6.45, 7) is -0.456. The first kappa shape index (κ1) is 18.0. The number of benzene rings is 3. The minimum Gasteiger partial charge on any atom is -0.457 e. The molecule has 0 unspecified atom stereocenters. The van der Waals surface area contributed by atoms with Crippen molar-refractivity contribution in [2.24, 2.45) is 0 Å². The van der Waals surface area contributed by atoms with E-state index in [1.54, 1.807) is 24.3 Å². The largest absolute Gasteiger partial charge is 0.457 e. The molecule has 5 nitrogen and oxygen atoms in total. The van der Waals surface area contributed by atoms with E-state index < -0.39 is 12.7 Å². The second-order valence-corrected chi connectivity index (χ2v) is 6.23. The van der Waals surface area contributed by atoms with Crippen molar-refractivity contribution in [3.8, 4) is 22.8 Å². The van der Waals surface area contributed by atoms with E-state index in [9.17, 15) is 14.6 Å². The van der Waals surface area contributed by atoms with Crippen LogP contribution in [0.1, 0.15) is 11.9 Å². The third-order valence-electron chi connectivity index (χ3n) is 4.27. The average molecular weight is 376 g/mol. The van der Waals surface area contributed by atoms with Gasteiger partial charge in [0.25, 0.3) is 0 Å². The van der Waals surface area contributed by atoms with Crippen molar-refractivity contribution in [3.05, 3.63) is 84.4 Å². The smallest absolute Gasteiger partial charge is 0.160 e. The van der Waals surface area contributed by atoms with Crippen molar-refractivity contribution in [2.75, 3.05) is 6.61 Å². The molecule has 2 N–H and O–H groups in total. The summed E-state index contributed by atoms with van der Waals surface area (Å²) in [6, 6.07) is 20.6. The van der Waals surface area contributed by atoms with Gasteiger partial charge in [-0.1, -0.05) is 18.2 Å². The zero-order chi connectivity index (χ0) is 19.5. The lowest BCUT2D eigenvalue weighted by molar-refractivity contribution is 0.0890. The van der Waals surface area contributed by atoms with Gasteiger partial charge in [-0.3, -0.25) is 0 Å². The van der Waals surface area contributed by atoms with Crippen molar-refractivity contribution in [2.45, 2.75) is 6.10 Å². The topological polar surface area (TPSA) is 75.5 Å². The quantitative estimate of drug-likeness (QED) is 0.544. The molecule has 1 aromatic heterocycles. The van der Waals surface area contributed by atoms with E-state index in [2.05, 4.69) is 9.97 Å². The van der Waals surface area contributed by atoms with Gasteiger partial charge in [-0.25, -0.2) is 14.4 Å². The SMILES string of the molecule is OC[C@@H](O)c1nc(-c2ccc(Oc3ccc(F)cc3)cc2)c2ccccc2n1. The third kappa shape index (κ3) is 3.69. The van der Waals surface area contributed by atoms with Crippen LogP contribution in [0.3, 0.4) is 0 Å². The summed E-state index contributed by atoms with van der Waals surface area (Å²) in [4.78, 5) is 8.80. The maximum Gasteiger partial charge on any atom is 0.160 e. The first-order chi connectivity index (χ1) is 13.6. The summed E-state index contributed by atoms with van der Waals surface area (Å²) >= 11 is 0. The summed E-state index contributed by atoms with van der Waals surface area (Å²) in [5.74, 6) is 0.987. The van der Waals surface area contributed by atoms with Crippen LogP contribution >= 0.6 is 0 Å². The molecule has 0 radical (unpaired) electrons. The van der Waals surface area contributed by atoms with Gasteiger partial charge in [-0.05, 0) is 54.6 Å². The van der Waals surface area contributed by atoms with Crippen molar-refractivity contribution in [1.82, 2.24) is 9.97 Å². The van der Waals surface area contributed by atoms with Gasteiger partial charge in [0.15, 0.2) is 5.82 Å². The van der Waals surface area contributed by atoms with E-state index in [1.807, 2.05) is 36.4 Å². The number of para-hydroxylation sites is 1. The molecule has 0 fully saturated rings. The molecule has 0 spiro atoms. The van der Waals surface area contributed by atoms with Crippen LogP contribution < -0.4 is 4.74 Å². The Morgan fingerprint density at radius 3 is 2.18 bits per heavy atom. The van der Waals surface area contributed by atoms with Crippen LogP contribution in [0.2, 0.25) is 0 Å². The summed E-state index contributed by atoms with van der Waals surface area (Å²) in [5.41, 5.74) is 2.15. The lowest BCUT2D eigenvalue weighted by Crippen LogP contribution is -2.09. The Morgan fingerprint density at radius 2 is 1.50 bits per heavy atom. The highest BCUT2D eigenvalue weighted by Gasteiger charge is 2.15. The van der Waals surface area contributed by atoms with Crippen molar-refractivity contribution in [3.63, 3.8) is 0 Å². The average Bonchev–Trinajstić information content (AvgIpc) is 2.74. The van der Waals surface area contributed by atoms with Crippen molar-refractivity contribution < 1.29 is 19.3 Å².